The zero-order chi connectivity index (χ0) is 14.8. The van der Waals surface area contributed by atoms with Crippen LogP contribution in [-0.4, -0.2) is 4.98 Å². The quantitative estimate of drug-likeness (QED) is 0.683. The van der Waals surface area contributed by atoms with Gasteiger partial charge in [0.1, 0.15) is 6.07 Å². The van der Waals surface area contributed by atoms with Gasteiger partial charge < -0.3 is 9.71 Å². The number of aromatic amines is 1. The summed E-state index contributed by atoms with van der Waals surface area (Å²) in [5.41, 5.74) is 5.01. The highest BCUT2D eigenvalue weighted by molar-refractivity contribution is 8.00. The van der Waals surface area contributed by atoms with Crippen LogP contribution in [0.3, 0.4) is 0 Å². The van der Waals surface area contributed by atoms with Gasteiger partial charge in [0.15, 0.2) is 0 Å². The maximum Gasteiger partial charge on any atom is 0.101 e. The van der Waals surface area contributed by atoms with Gasteiger partial charge in [-0.2, -0.15) is 5.26 Å². The Hall–Kier alpha value is -2.38. The Morgan fingerprint density at radius 3 is 2.57 bits per heavy atom. The van der Waals surface area contributed by atoms with Crippen molar-refractivity contribution >= 4 is 28.5 Å². The zero-order valence-corrected chi connectivity index (χ0v) is 12.7. The van der Waals surface area contributed by atoms with Crippen molar-refractivity contribution in [3.8, 4) is 6.07 Å². The molecule has 3 rings (SSSR count). The molecule has 0 aliphatic heterocycles. The van der Waals surface area contributed by atoms with Crippen molar-refractivity contribution in [2.45, 2.75) is 18.7 Å². The molecule has 0 saturated heterocycles. The molecule has 0 unspecified atom stereocenters. The molecule has 104 valence electrons. The Kier molecular flexibility index (Phi) is 3.59. The van der Waals surface area contributed by atoms with E-state index in [2.05, 4.69) is 47.0 Å². The number of hydrogen-bond donors (Lipinski definition) is 2. The number of nitriles is 1. The number of nitrogens with one attached hydrogen (secondary N) is 2. The van der Waals surface area contributed by atoms with Gasteiger partial charge in [0, 0.05) is 16.5 Å². The topological polar surface area (TPSA) is 51.6 Å². The Morgan fingerprint density at radius 1 is 1.10 bits per heavy atom. The lowest BCUT2D eigenvalue weighted by Crippen LogP contribution is -1.89. The molecular weight excluding hydrogens is 278 g/mol. The van der Waals surface area contributed by atoms with Crippen molar-refractivity contribution in [2.24, 2.45) is 0 Å². The Labute approximate surface area is 128 Å². The molecule has 1 heterocycles. The fraction of sp³-hybridized carbons (Fsp3) is 0.118. The van der Waals surface area contributed by atoms with Gasteiger partial charge in [0.05, 0.1) is 16.8 Å². The number of aromatic nitrogens is 1. The maximum absolute atomic E-state index is 9.18. The maximum atomic E-state index is 9.18. The van der Waals surface area contributed by atoms with Crippen molar-refractivity contribution in [1.29, 1.82) is 5.26 Å². The van der Waals surface area contributed by atoms with Crippen molar-refractivity contribution in [3.05, 3.63) is 59.3 Å². The predicted octanol–water partition coefficient (Wildman–Crippen LogP) is 4.78. The molecule has 21 heavy (non-hydrogen) atoms. The second kappa shape index (κ2) is 5.55. The number of H-pyrrole nitrogens is 1. The Morgan fingerprint density at radius 2 is 1.86 bits per heavy atom. The molecule has 4 heteroatoms. The standard InChI is InChI=1S/C17H15N3S/c1-11-3-6-14(7-4-11)21-20-15-8-5-12(2)16-13(9-18)10-19-17(15)16/h3-8,10,19-20H,1-2H3. The summed E-state index contributed by atoms with van der Waals surface area (Å²) >= 11 is 1.57. The smallest absolute Gasteiger partial charge is 0.101 e. The first kappa shape index (κ1) is 13.6. The second-order valence-corrected chi connectivity index (χ2v) is 5.89. The van der Waals surface area contributed by atoms with E-state index in [-0.39, 0.29) is 0 Å². The van der Waals surface area contributed by atoms with Gasteiger partial charge in [-0.05, 0) is 49.6 Å². The highest BCUT2D eigenvalue weighted by Gasteiger charge is 2.10. The fourth-order valence-corrected chi connectivity index (χ4v) is 2.98. The lowest BCUT2D eigenvalue weighted by atomic mass is 10.1. The van der Waals surface area contributed by atoms with E-state index >= 15 is 0 Å². The molecule has 0 aliphatic carbocycles. The van der Waals surface area contributed by atoms with Crippen LogP contribution in [0.15, 0.2) is 47.5 Å². The Bertz CT molecular complexity index is 826. The zero-order valence-electron chi connectivity index (χ0n) is 11.9. The van der Waals surface area contributed by atoms with Crippen LogP contribution < -0.4 is 4.72 Å². The van der Waals surface area contributed by atoms with Gasteiger partial charge in [-0.1, -0.05) is 23.8 Å². The normalized spacial score (nSPS) is 10.5. The summed E-state index contributed by atoms with van der Waals surface area (Å²) in [4.78, 5) is 4.35. The number of nitrogens with zero attached hydrogens (tertiary/aromatic N) is 1. The van der Waals surface area contributed by atoms with E-state index in [1.807, 2.05) is 19.1 Å². The van der Waals surface area contributed by atoms with Crippen LogP contribution in [0.1, 0.15) is 16.7 Å². The molecule has 0 aliphatic rings. The van der Waals surface area contributed by atoms with Gasteiger partial charge in [0.2, 0.25) is 0 Å². The van der Waals surface area contributed by atoms with Crippen molar-refractivity contribution in [2.75, 3.05) is 4.72 Å². The minimum Gasteiger partial charge on any atom is -0.358 e. The first-order chi connectivity index (χ1) is 10.2. The van der Waals surface area contributed by atoms with Crippen molar-refractivity contribution < 1.29 is 0 Å². The van der Waals surface area contributed by atoms with E-state index < -0.39 is 0 Å². The van der Waals surface area contributed by atoms with E-state index in [1.54, 1.807) is 18.1 Å². The van der Waals surface area contributed by atoms with Crippen LogP contribution in [0, 0.1) is 25.2 Å². The van der Waals surface area contributed by atoms with E-state index in [9.17, 15) is 5.26 Å². The van der Waals surface area contributed by atoms with Crippen LogP contribution in [0.2, 0.25) is 0 Å². The van der Waals surface area contributed by atoms with E-state index in [0.29, 0.717) is 5.56 Å². The van der Waals surface area contributed by atoms with Crippen molar-refractivity contribution in [3.63, 3.8) is 0 Å². The minimum absolute atomic E-state index is 0.687. The molecule has 0 fully saturated rings. The lowest BCUT2D eigenvalue weighted by molar-refractivity contribution is 1.38. The number of rotatable bonds is 3. The molecule has 0 radical (unpaired) electrons. The van der Waals surface area contributed by atoms with Crippen LogP contribution in [0.5, 0.6) is 0 Å². The van der Waals surface area contributed by atoms with Gasteiger partial charge >= 0.3 is 0 Å². The number of fused-ring (bicyclic) bond motifs is 1. The highest BCUT2D eigenvalue weighted by atomic mass is 32.2. The Balaban J connectivity index is 1.91. The molecule has 0 spiro atoms. The first-order valence-corrected chi connectivity index (χ1v) is 7.51. The van der Waals surface area contributed by atoms with E-state index in [1.165, 1.54) is 5.56 Å². The largest absolute Gasteiger partial charge is 0.358 e. The van der Waals surface area contributed by atoms with Gasteiger partial charge in [0.25, 0.3) is 0 Å². The number of benzene rings is 2. The van der Waals surface area contributed by atoms with E-state index in [0.717, 1.165) is 27.0 Å². The van der Waals surface area contributed by atoms with Crippen molar-refractivity contribution in [1.82, 2.24) is 4.98 Å². The summed E-state index contributed by atoms with van der Waals surface area (Å²) in [5, 5.41) is 10.2. The third-order valence-electron chi connectivity index (χ3n) is 3.46. The fourth-order valence-electron chi connectivity index (χ4n) is 2.31. The summed E-state index contributed by atoms with van der Waals surface area (Å²) in [6.07, 6.45) is 1.76. The molecule has 1 aromatic heterocycles. The number of aryl methyl sites for hydroxylation is 2. The summed E-state index contributed by atoms with van der Waals surface area (Å²) in [7, 11) is 0. The summed E-state index contributed by atoms with van der Waals surface area (Å²) in [6, 6.07) is 14.7. The molecule has 0 bridgehead atoms. The van der Waals surface area contributed by atoms with Crippen LogP contribution in [-0.2, 0) is 0 Å². The molecule has 3 aromatic rings. The third kappa shape index (κ3) is 2.61. The highest BCUT2D eigenvalue weighted by Crippen LogP contribution is 2.31. The number of anilines is 1. The van der Waals surface area contributed by atoms with Gasteiger partial charge in [-0.15, -0.1) is 0 Å². The van der Waals surface area contributed by atoms with Gasteiger partial charge in [-0.3, -0.25) is 0 Å². The average Bonchev–Trinajstić information content (AvgIpc) is 2.93. The molecule has 3 nitrogen and oxygen atoms in total. The molecule has 0 saturated carbocycles. The summed E-state index contributed by atoms with van der Waals surface area (Å²) in [6.45, 7) is 4.10. The average molecular weight is 293 g/mol. The lowest BCUT2D eigenvalue weighted by Gasteiger charge is -2.08. The molecule has 2 N–H and O–H groups in total. The van der Waals surface area contributed by atoms with Gasteiger partial charge in [-0.25, -0.2) is 0 Å². The SMILES string of the molecule is Cc1ccc(SNc2ccc(C)c3c(C#N)c[nH]c23)cc1. The third-order valence-corrected chi connectivity index (χ3v) is 4.29. The first-order valence-electron chi connectivity index (χ1n) is 6.69. The number of hydrogen-bond acceptors (Lipinski definition) is 3. The molecular formula is C17H15N3S. The summed E-state index contributed by atoms with van der Waals surface area (Å²) in [5.74, 6) is 0. The van der Waals surface area contributed by atoms with Crippen LogP contribution >= 0.6 is 11.9 Å². The molecule has 0 amide bonds. The summed E-state index contributed by atoms with van der Waals surface area (Å²) < 4.78 is 3.36. The van der Waals surface area contributed by atoms with Crippen LogP contribution in [0.4, 0.5) is 5.69 Å². The molecule has 0 atom stereocenters. The monoisotopic (exact) mass is 293 g/mol. The van der Waals surface area contributed by atoms with Crippen LogP contribution in [0.25, 0.3) is 10.9 Å². The van der Waals surface area contributed by atoms with E-state index in [4.69, 9.17) is 0 Å². The molecule has 2 aromatic carbocycles. The minimum atomic E-state index is 0.687. The second-order valence-electron chi connectivity index (χ2n) is 5.01. The predicted molar refractivity (Wildman–Crippen MR) is 88.4 cm³/mol.